The molecule has 0 spiro atoms. The molecule has 0 aliphatic carbocycles. The van der Waals surface area contributed by atoms with Gasteiger partial charge >= 0.3 is 0 Å². The zero-order valence-electron chi connectivity index (χ0n) is 9.21. The van der Waals surface area contributed by atoms with Crippen molar-refractivity contribution in [1.29, 1.82) is 0 Å². The summed E-state index contributed by atoms with van der Waals surface area (Å²) in [7, 11) is 0. The molecule has 0 unspecified atom stereocenters. The number of fused-ring (bicyclic) bond motifs is 1. The Morgan fingerprint density at radius 2 is 2.00 bits per heavy atom. The largest absolute Gasteiger partial charge is 0.255 e. The fraction of sp³-hybridized carbons (Fsp3) is 0.308. The average molecular weight is 220 g/mol. The Balaban J connectivity index is 2.85. The van der Waals surface area contributed by atoms with Gasteiger partial charge in [-0.05, 0) is 42.2 Å². The summed E-state index contributed by atoms with van der Waals surface area (Å²) in [5, 5.41) is 1.92. The predicted molar refractivity (Wildman–Crippen MR) is 65.6 cm³/mol. The van der Waals surface area contributed by atoms with Crippen molar-refractivity contribution in [1.82, 2.24) is 4.98 Å². The molecule has 0 N–H and O–H groups in total. The van der Waals surface area contributed by atoms with Crippen LogP contribution in [0.25, 0.3) is 10.9 Å². The monoisotopic (exact) mass is 219 g/mol. The van der Waals surface area contributed by atoms with Gasteiger partial charge in [-0.2, -0.15) is 0 Å². The molecule has 1 heterocycles. The Hall–Kier alpha value is -1.08. The molecule has 2 heteroatoms. The van der Waals surface area contributed by atoms with E-state index in [-0.39, 0.29) is 0 Å². The van der Waals surface area contributed by atoms with Crippen LogP contribution in [-0.2, 0) is 0 Å². The van der Waals surface area contributed by atoms with Gasteiger partial charge in [0, 0.05) is 11.6 Å². The van der Waals surface area contributed by atoms with E-state index in [0.717, 1.165) is 10.5 Å². The standard InChI is InChI=1S/C13H14ClN/c1-8(2)10-4-5-15-13-11(10)6-9(3)7-12(13)14/h4-8H,1-3H3. The van der Waals surface area contributed by atoms with Crippen LogP contribution in [0.3, 0.4) is 0 Å². The van der Waals surface area contributed by atoms with Gasteiger partial charge in [0.15, 0.2) is 0 Å². The third kappa shape index (κ3) is 1.84. The van der Waals surface area contributed by atoms with Crippen molar-refractivity contribution < 1.29 is 0 Å². The lowest BCUT2D eigenvalue weighted by Crippen LogP contribution is -1.92. The molecule has 1 nitrogen and oxygen atoms in total. The summed E-state index contributed by atoms with van der Waals surface area (Å²) < 4.78 is 0. The van der Waals surface area contributed by atoms with Crippen LogP contribution >= 0.6 is 11.6 Å². The molecule has 0 radical (unpaired) electrons. The minimum Gasteiger partial charge on any atom is -0.255 e. The molecular weight excluding hydrogens is 206 g/mol. The lowest BCUT2D eigenvalue weighted by Gasteiger charge is -2.10. The van der Waals surface area contributed by atoms with E-state index in [2.05, 4.69) is 37.9 Å². The number of benzene rings is 1. The molecule has 15 heavy (non-hydrogen) atoms. The molecule has 2 rings (SSSR count). The van der Waals surface area contributed by atoms with Crippen LogP contribution < -0.4 is 0 Å². The quantitative estimate of drug-likeness (QED) is 0.696. The van der Waals surface area contributed by atoms with Gasteiger partial charge in [-0.1, -0.05) is 25.4 Å². The molecule has 0 saturated heterocycles. The zero-order chi connectivity index (χ0) is 11.0. The number of halogens is 1. The Morgan fingerprint density at radius 1 is 1.27 bits per heavy atom. The van der Waals surface area contributed by atoms with Crippen LogP contribution in [0.4, 0.5) is 0 Å². The maximum Gasteiger partial charge on any atom is 0.0891 e. The molecule has 0 amide bonds. The highest BCUT2D eigenvalue weighted by Gasteiger charge is 2.08. The Kier molecular flexibility index (Phi) is 2.66. The third-order valence-electron chi connectivity index (χ3n) is 2.60. The predicted octanol–water partition coefficient (Wildman–Crippen LogP) is 4.32. The maximum absolute atomic E-state index is 6.18. The summed E-state index contributed by atoms with van der Waals surface area (Å²) in [4.78, 5) is 4.33. The number of hydrogen-bond donors (Lipinski definition) is 0. The SMILES string of the molecule is Cc1cc(Cl)c2nccc(C(C)C)c2c1. The molecule has 0 aliphatic heterocycles. The van der Waals surface area contributed by atoms with Crippen molar-refractivity contribution in [3.63, 3.8) is 0 Å². The third-order valence-corrected chi connectivity index (χ3v) is 2.89. The van der Waals surface area contributed by atoms with Crippen molar-refractivity contribution in [2.45, 2.75) is 26.7 Å². The number of pyridine rings is 1. The molecule has 78 valence electrons. The van der Waals surface area contributed by atoms with Crippen LogP contribution in [0.1, 0.15) is 30.9 Å². The molecule has 0 aliphatic rings. The van der Waals surface area contributed by atoms with Crippen LogP contribution in [0.2, 0.25) is 5.02 Å². The molecule has 1 aromatic carbocycles. The maximum atomic E-state index is 6.18. The lowest BCUT2D eigenvalue weighted by atomic mass is 9.98. The summed E-state index contributed by atoms with van der Waals surface area (Å²) in [6.45, 7) is 6.43. The number of nitrogens with zero attached hydrogens (tertiary/aromatic N) is 1. The second-order valence-corrected chi connectivity index (χ2v) is 4.60. The van der Waals surface area contributed by atoms with E-state index in [4.69, 9.17) is 11.6 Å². The first-order valence-electron chi connectivity index (χ1n) is 5.14. The van der Waals surface area contributed by atoms with Gasteiger partial charge in [-0.3, -0.25) is 4.98 Å². The van der Waals surface area contributed by atoms with Crippen molar-refractivity contribution in [3.8, 4) is 0 Å². The van der Waals surface area contributed by atoms with Gasteiger partial charge in [0.2, 0.25) is 0 Å². The van der Waals surface area contributed by atoms with Crippen molar-refractivity contribution in [2.75, 3.05) is 0 Å². The second-order valence-electron chi connectivity index (χ2n) is 4.20. The fourth-order valence-corrected chi connectivity index (χ4v) is 2.19. The Morgan fingerprint density at radius 3 is 2.67 bits per heavy atom. The van der Waals surface area contributed by atoms with Gasteiger partial charge in [0.05, 0.1) is 10.5 Å². The molecular formula is C13H14ClN. The second kappa shape index (κ2) is 3.82. The first kappa shape index (κ1) is 10.4. The van der Waals surface area contributed by atoms with Crippen molar-refractivity contribution in [2.24, 2.45) is 0 Å². The smallest absolute Gasteiger partial charge is 0.0891 e. The molecule has 2 aromatic rings. The molecule has 0 saturated carbocycles. The summed E-state index contributed by atoms with van der Waals surface area (Å²) in [5.74, 6) is 0.494. The molecule has 0 fully saturated rings. The highest BCUT2D eigenvalue weighted by Crippen LogP contribution is 2.29. The molecule has 0 atom stereocenters. The van der Waals surface area contributed by atoms with Crippen LogP contribution in [0.5, 0.6) is 0 Å². The van der Waals surface area contributed by atoms with E-state index in [9.17, 15) is 0 Å². The topological polar surface area (TPSA) is 12.9 Å². The normalized spacial score (nSPS) is 11.3. The summed E-state index contributed by atoms with van der Waals surface area (Å²) in [6.07, 6.45) is 1.83. The number of aryl methyl sites for hydroxylation is 1. The van der Waals surface area contributed by atoms with Gasteiger partial charge in [-0.25, -0.2) is 0 Å². The van der Waals surface area contributed by atoms with Gasteiger partial charge in [0.1, 0.15) is 0 Å². The summed E-state index contributed by atoms with van der Waals surface area (Å²) in [5.41, 5.74) is 3.40. The number of aromatic nitrogens is 1. The minimum absolute atomic E-state index is 0.494. The Labute approximate surface area is 95.1 Å². The highest BCUT2D eigenvalue weighted by molar-refractivity contribution is 6.35. The van der Waals surface area contributed by atoms with Gasteiger partial charge in [0.25, 0.3) is 0 Å². The van der Waals surface area contributed by atoms with Gasteiger partial charge in [-0.15, -0.1) is 0 Å². The molecule has 1 aromatic heterocycles. The van der Waals surface area contributed by atoms with Gasteiger partial charge < -0.3 is 0 Å². The van der Waals surface area contributed by atoms with E-state index in [1.54, 1.807) is 0 Å². The van der Waals surface area contributed by atoms with Crippen molar-refractivity contribution in [3.05, 3.63) is 40.5 Å². The van der Waals surface area contributed by atoms with E-state index in [1.165, 1.54) is 16.5 Å². The Bertz CT molecular complexity index is 503. The van der Waals surface area contributed by atoms with Crippen LogP contribution in [-0.4, -0.2) is 4.98 Å². The number of rotatable bonds is 1. The first-order valence-corrected chi connectivity index (χ1v) is 5.52. The number of hydrogen-bond acceptors (Lipinski definition) is 1. The van der Waals surface area contributed by atoms with Crippen LogP contribution in [0.15, 0.2) is 24.4 Å². The van der Waals surface area contributed by atoms with Crippen molar-refractivity contribution >= 4 is 22.5 Å². The summed E-state index contributed by atoms with van der Waals surface area (Å²) >= 11 is 6.18. The summed E-state index contributed by atoms with van der Waals surface area (Å²) in [6, 6.07) is 6.19. The van der Waals surface area contributed by atoms with E-state index in [0.29, 0.717) is 5.92 Å². The fourth-order valence-electron chi connectivity index (χ4n) is 1.87. The lowest BCUT2D eigenvalue weighted by molar-refractivity contribution is 0.874. The van der Waals surface area contributed by atoms with E-state index >= 15 is 0 Å². The molecule has 0 bridgehead atoms. The highest BCUT2D eigenvalue weighted by atomic mass is 35.5. The zero-order valence-corrected chi connectivity index (χ0v) is 9.97. The van der Waals surface area contributed by atoms with Crippen LogP contribution in [0, 0.1) is 6.92 Å². The average Bonchev–Trinajstić information content (AvgIpc) is 2.16. The van der Waals surface area contributed by atoms with E-state index < -0.39 is 0 Å². The van der Waals surface area contributed by atoms with E-state index in [1.807, 2.05) is 12.3 Å². The minimum atomic E-state index is 0.494. The first-order chi connectivity index (χ1) is 7.09.